The van der Waals surface area contributed by atoms with Gasteiger partial charge in [0, 0.05) is 29.9 Å². The normalized spacial score (nSPS) is 31.5. The van der Waals surface area contributed by atoms with Crippen LogP contribution in [0.1, 0.15) is 38.5 Å². The molecule has 17 heavy (non-hydrogen) atoms. The van der Waals surface area contributed by atoms with Crippen LogP contribution >= 0.6 is 0 Å². The fourth-order valence-electron chi connectivity index (χ4n) is 2.74. The van der Waals surface area contributed by atoms with Crippen molar-refractivity contribution in [2.75, 3.05) is 18.8 Å². The number of nitrogens with zero attached hydrogens (tertiary/aromatic N) is 1. The Labute approximate surface area is 105 Å². The highest BCUT2D eigenvalue weighted by Crippen LogP contribution is 2.22. The van der Waals surface area contributed by atoms with E-state index in [2.05, 4.69) is 0 Å². The number of hydrogen-bond acceptors (Lipinski definition) is 3. The second-order valence-electron chi connectivity index (χ2n) is 5.10. The molecule has 0 aromatic carbocycles. The van der Waals surface area contributed by atoms with Gasteiger partial charge in [0.25, 0.3) is 0 Å². The summed E-state index contributed by atoms with van der Waals surface area (Å²) in [5.74, 6) is 0.233. The minimum atomic E-state index is -1.08. The van der Waals surface area contributed by atoms with E-state index in [1.54, 1.807) is 0 Å². The number of nitrogens with two attached hydrogens (primary N) is 1. The number of amides is 1. The van der Waals surface area contributed by atoms with Gasteiger partial charge >= 0.3 is 0 Å². The molecule has 2 fully saturated rings. The molecule has 3 atom stereocenters. The molecule has 2 rings (SSSR count). The molecule has 0 radical (unpaired) electrons. The molecular formula is C12H22N2O2S. The predicted octanol–water partition coefficient (Wildman–Crippen LogP) is 0.627. The summed E-state index contributed by atoms with van der Waals surface area (Å²) in [6.45, 7) is 1.68. The van der Waals surface area contributed by atoms with E-state index in [-0.39, 0.29) is 23.0 Å². The van der Waals surface area contributed by atoms with Gasteiger partial charge in [-0.1, -0.05) is 12.8 Å². The minimum absolute atomic E-state index is 0.0240. The lowest BCUT2D eigenvalue weighted by atomic mass is 9.96. The smallest absolute Gasteiger partial charge is 0.235 e. The van der Waals surface area contributed by atoms with Gasteiger partial charge in [0.05, 0.1) is 5.25 Å². The third kappa shape index (κ3) is 3.28. The molecule has 1 heterocycles. The summed E-state index contributed by atoms with van der Waals surface area (Å²) in [5.41, 5.74) is 5.99. The molecule has 5 heteroatoms. The maximum Gasteiger partial charge on any atom is 0.235 e. The average molecular weight is 258 g/mol. The summed E-state index contributed by atoms with van der Waals surface area (Å²) in [5, 5.41) is 0.0373. The molecule has 1 amide bonds. The van der Waals surface area contributed by atoms with Crippen LogP contribution in [0.2, 0.25) is 0 Å². The van der Waals surface area contributed by atoms with Crippen LogP contribution in [0, 0.1) is 0 Å². The first-order chi connectivity index (χ1) is 8.18. The number of hydrogen-bond donors (Lipinski definition) is 1. The Morgan fingerprint density at radius 3 is 2.47 bits per heavy atom. The first-order valence-electron chi connectivity index (χ1n) is 6.59. The van der Waals surface area contributed by atoms with E-state index in [0.717, 1.165) is 51.6 Å². The molecule has 0 bridgehead atoms. The predicted molar refractivity (Wildman–Crippen MR) is 69.1 cm³/mol. The van der Waals surface area contributed by atoms with E-state index in [9.17, 15) is 9.00 Å². The van der Waals surface area contributed by atoms with Crippen LogP contribution in [0.25, 0.3) is 0 Å². The monoisotopic (exact) mass is 258 g/mol. The van der Waals surface area contributed by atoms with Crippen molar-refractivity contribution in [1.29, 1.82) is 0 Å². The highest BCUT2D eigenvalue weighted by molar-refractivity contribution is 7.86. The first-order valence-corrected chi connectivity index (χ1v) is 7.97. The van der Waals surface area contributed by atoms with Crippen LogP contribution in [0.3, 0.4) is 0 Å². The molecular weight excluding hydrogens is 236 g/mol. The van der Waals surface area contributed by atoms with Crippen molar-refractivity contribution in [2.45, 2.75) is 49.8 Å². The molecule has 0 aromatic heterocycles. The largest absolute Gasteiger partial charge is 0.342 e. The van der Waals surface area contributed by atoms with E-state index < -0.39 is 10.8 Å². The standard InChI is InChI=1S/C12H22N2O2S/c13-10-5-1-2-6-11(10)17(16)9-12(15)14-7-3-4-8-14/h10-11H,1-9,13H2. The highest BCUT2D eigenvalue weighted by atomic mass is 32.2. The molecule has 0 aromatic rings. The highest BCUT2D eigenvalue weighted by Gasteiger charge is 2.29. The van der Waals surface area contributed by atoms with Gasteiger partial charge < -0.3 is 10.6 Å². The van der Waals surface area contributed by atoms with E-state index in [1.807, 2.05) is 4.90 Å². The Balaban J connectivity index is 1.84. The average Bonchev–Trinajstić information content (AvgIpc) is 2.82. The zero-order chi connectivity index (χ0) is 12.3. The van der Waals surface area contributed by atoms with Crippen molar-refractivity contribution in [3.63, 3.8) is 0 Å². The Kier molecular flexibility index (Phi) is 4.56. The summed E-state index contributed by atoms with van der Waals surface area (Å²) < 4.78 is 12.2. The molecule has 0 spiro atoms. The van der Waals surface area contributed by atoms with Crippen molar-refractivity contribution in [3.8, 4) is 0 Å². The third-order valence-electron chi connectivity index (χ3n) is 3.82. The lowest BCUT2D eigenvalue weighted by molar-refractivity contribution is -0.127. The maximum atomic E-state index is 12.2. The van der Waals surface area contributed by atoms with Crippen molar-refractivity contribution in [1.82, 2.24) is 4.90 Å². The van der Waals surface area contributed by atoms with E-state index >= 15 is 0 Å². The van der Waals surface area contributed by atoms with Crippen molar-refractivity contribution < 1.29 is 9.00 Å². The number of carbonyl (C=O) groups excluding carboxylic acids is 1. The fraction of sp³-hybridized carbons (Fsp3) is 0.917. The lowest BCUT2D eigenvalue weighted by Gasteiger charge is -2.28. The minimum Gasteiger partial charge on any atom is -0.342 e. The first kappa shape index (κ1) is 13.0. The summed E-state index contributed by atoms with van der Waals surface area (Å²) in [6.07, 6.45) is 6.27. The summed E-state index contributed by atoms with van der Waals surface area (Å²) in [6, 6.07) is 0.0240. The Hall–Kier alpha value is -0.420. The van der Waals surface area contributed by atoms with Crippen LogP contribution in [0.5, 0.6) is 0 Å². The fourth-order valence-corrected chi connectivity index (χ4v) is 4.33. The van der Waals surface area contributed by atoms with Gasteiger partial charge in [-0.2, -0.15) is 0 Å². The molecule has 1 aliphatic carbocycles. The van der Waals surface area contributed by atoms with Crippen molar-refractivity contribution in [3.05, 3.63) is 0 Å². The van der Waals surface area contributed by atoms with Crippen LogP contribution in [-0.4, -0.2) is 45.2 Å². The Bertz CT molecular complexity index is 303. The van der Waals surface area contributed by atoms with E-state index in [0.29, 0.717) is 0 Å². The van der Waals surface area contributed by atoms with Crippen LogP contribution in [0.15, 0.2) is 0 Å². The van der Waals surface area contributed by atoms with Crippen LogP contribution in [-0.2, 0) is 15.6 Å². The molecule has 98 valence electrons. The zero-order valence-corrected chi connectivity index (χ0v) is 11.1. The van der Waals surface area contributed by atoms with Crippen molar-refractivity contribution in [2.24, 2.45) is 5.73 Å². The number of likely N-dealkylation sites (tertiary alicyclic amines) is 1. The van der Waals surface area contributed by atoms with Gasteiger partial charge in [-0.15, -0.1) is 0 Å². The zero-order valence-electron chi connectivity index (χ0n) is 10.3. The maximum absolute atomic E-state index is 12.2. The molecule has 1 saturated carbocycles. The number of carbonyl (C=O) groups is 1. The molecule has 4 nitrogen and oxygen atoms in total. The lowest BCUT2D eigenvalue weighted by Crippen LogP contribution is -2.43. The summed E-state index contributed by atoms with van der Waals surface area (Å²) >= 11 is 0. The second kappa shape index (κ2) is 5.96. The van der Waals surface area contributed by atoms with Gasteiger partial charge in [-0.05, 0) is 25.7 Å². The van der Waals surface area contributed by atoms with Crippen molar-refractivity contribution >= 4 is 16.7 Å². The van der Waals surface area contributed by atoms with Crippen LogP contribution < -0.4 is 5.73 Å². The summed E-state index contributed by atoms with van der Waals surface area (Å²) in [4.78, 5) is 13.7. The molecule has 1 saturated heterocycles. The molecule has 2 N–H and O–H groups in total. The van der Waals surface area contributed by atoms with Gasteiger partial charge in [-0.25, -0.2) is 0 Å². The second-order valence-corrected chi connectivity index (χ2v) is 6.76. The SMILES string of the molecule is NC1CCCCC1S(=O)CC(=O)N1CCCC1. The Morgan fingerprint density at radius 1 is 1.18 bits per heavy atom. The van der Waals surface area contributed by atoms with Gasteiger partial charge in [-0.3, -0.25) is 9.00 Å². The van der Waals surface area contributed by atoms with E-state index in [4.69, 9.17) is 5.73 Å². The molecule has 2 aliphatic rings. The van der Waals surface area contributed by atoms with Gasteiger partial charge in [0.1, 0.15) is 5.75 Å². The van der Waals surface area contributed by atoms with Gasteiger partial charge in [0.15, 0.2) is 0 Å². The number of rotatable bonds is 3. The molecule has 1 aliphatic heterocycles. The quantitative estimate of drug-likeness (QED) is 0.807. The molecule has 3 unspecified atom stereocenters. The Morgan fingerprint density at radius 2 is 1.82 bits per heavy atom. The van der Waals surface area contributed by atoms with E-state index in [1.165, 1.54) is 0 Å². The summed E-state index contributed by atoms with van der Waals surface area (Å²) in [7, 11) is -1.08. The van der Waals surface area contributed by atoms with Crippen LogP contribution in [0.4, 0.5) is 0 Å². The topological polar surface area (TPSA) is 63.4 Å². The van der Waals surface area contributed by atoms with Gasteiger partial charge in [0.2, 0.25) is 5.91 Å². The third-order valence-corrected chi connectivity index (χ3v) is 5.61.